The van der Waals surface area contributed by atoms with Crippen LogP contribution in [0.4, 0.5) is 17.2 Å². The van der Waals surface area contributed by atoms with Gasteiger partial charge in [-0.2, -0.15) is 4.98 Å². The number of carbonyl (C=O) groups excluding carboxylic acids is 1. The van der Waals surface area contributed by atoms with Gasteiger partial charge in [-0.05, 0) is 43.2 Å². The minimum absolute atomic E-state index is 0.105. The van der Waals surface area contributed by atoms with Crippen molar-refractivity contribution < 1.29 is 19.2 Å². The Kier molecular flexibility index (Phi) is 6.53. The molecule has 0 aliphatic carbocycles. The maximum Gasteiger partial charge on any atom is 0.373 e. The van der Waals surface area contributed by atoms with E-state index in [0.29, 0.717) is 11.4 Å². The van der Waals surface area contributed by atoms with Crippen LogP contribution in [0.3, 0.4) is 0 Å². The number of nitro groups is 1. The molecule has 30 heavy (non-hydrogen) atoms. The molecule has 154 valence electrons. The maximum absolute atomic E-state index is 12.2. The molecule has 3 rings (SSSR count). The number of nitrogens with zero attached hydrogens (tertiary/aromatic N) is 3. The van der Waals surface area contributed by atoms with Crippen molar-refractivity contribution in [3.63, 3.8) is 0 Å². The summed E-state index contributed by atoms with van der Waals surface area (Å²) in [6.45, 7) is 3.92. The fourth-order valence-electron chi connectivity index (χ4n) is 2.70. The standard InChI is InChI=1S/C21H20N4O5/c1-3-14-9-11-15(12-10-14)30-20-18(25(27)28)19(22-13-23-20)24-17-8-6-5-7-16(17)21(26)29-4-2/h5-13H,3-4H2,1-2H3,(H,22,23,24). The van der Waals surface area contributed by atoms with Gasteiger partial charge in [-0.1, -0.05) is 31.2 Å². The monoisotopic (exact) mass is 408 g/mol. The number of hydrogen-bond donors (Lipinski definition) is 1. The number of ether oxygens (including phenoxy) is 2. The van der Waals surface area contributed by atoms with Crippen molar-refractivity contribution in [2.75, 3.05) is 11.9 Å². The molecular weight excluding hydrogens is 388 g/mol. The molecule has 3 aromatic rings. The summed E-state index contributed by atoms with van der Waals surface area (Å²) in [6, 6.07) is 13.7. The number of para-hydroxylation sites is 1. The zero-order chi connectivity index (χ0) is 21.5. The van der Waals surface area contributed by atoms with E-state index in [2.05, 4.69) is 15.3 Å². The molecule has 0 bridgehead atoms. The Morgan fingerprint density at radius 2 is 1.83 bits per heavy atom. The number of nitrogens with one attached hydrogen (secondary N) is 1. The van der Waals surface area contributed by atoms with Crippen LogP contribution in [0.25, 0.3) is 0 Å². The predicted molar refractivity (Wildman–Crippen MR) is 110 cm³/mol. The van der Waals surface area contributed by atoms with Gasteiger partial charge in [0.1, 0.15) is 12.1 Å². The lowest BCUT2D eigenvalue weighted by atomic mass is 10.1. The van der Waals surface area contributed by atoms with Gasteiger partial charge in [-0.15, -0.1) is 0 Å². The summed E-state index contributed by atoms with van der Waals surface area (Å²) in [4.78, 5) is 31.2. The fourth-order valence-corrected chi connectivity index (χ4v) is 2.70. The van der Waals surface area contributed by atoms with Gasteiger partial charge in [-0.25, -0.2) is 9.78 Å². The van der Waals surface area contributed by atoms with Gasteiger partial charge >= 0.3 is 17.5 Å². The van der Waals surface area contributed by atoms with Crippen LogP contribution in [-0.4, -0.2) is 27.5 Å². The van der Waals surface area contributed by atoms with E-state index in [1.54, 1.807) is 43.3 Å². The summed E-state index contributed by atoms with van der Waals surface area (Å²) in [6.07, 6.45) is 2.01. The third-order valence-electron chi connectivity index (χ3n) is 4.19. The van der Waals surface area contributed by atoms with Crippen LogP contribution in [0, 0.1) is 10.1 Å². The molecule has 1 aromatic heterocycles. The Morgan fingerprint density at radius 1 is 1.10 bits per heavy atom. The van der Waals surface area contributed by atoms with Crippen molar-refractivity contribution in [3.8, 4) is 11.6 Å². The van der Waals surface area contributed by atoms with Crippen molar-refractivity contribution in [3.05, 3.63) is 76.1 Å². The van der Waals surface area contributed by atoms with Gasteiger partial charge in [0.15, 0.2) is 0 Å². The summed E-state index contributed by atoms with van der Waals surface area (Å²) < 4.78 is 10.7. The highest BCUT2D eigenvalue weighted by molar-refractivity contribution is 5.96. The van der Waals surface area contributed by atoms with E-state index in [-0.39, 0.29) is 23.9 Å². The Hall–Kier alpha value is -4.01. The SMILES string of the molecule is CCOC(=O)c1ccccc1Nc1ncnc(Oc2ccc(CC)cc2)c1[N+](=O)[O-]. The summed E-state index contributed by atoms with van der Waals surface area (Å²) in [5, 5.41) is 14.6. The first-order chi connectivity index (χ1) is 14.5. The van der Waals surface area contributed by atoms with E-state index in [1.807, 2.05) is 19.1 Å². The van der Waals surface area contributed by atoms with Crippen molar-refractivity contribution in [1.82, 2.24) is 9.97 Å². The second-order valence-electron chi connectivity index (χ2n) is 6.12. The first kappa shape index (κ1) is 20.7. The number of carbonyl (C=O) groups is 1. The molecule has 0 saturated carbocycles. The van der Waals surface area contributed by atoms with Crippen LogP contribution in [0.15, 0.2) is 54.9 Å². The number of aryl methyl sites for hydroxylation is 1. The fraction of sp³-hybridized carbons (Fsp3) is 0.190. The van der Waals surface area contributed by atoms with Crippen molar-refractivity contribution >= 4 is 23.2 Å². The summed E-state index contributed by atoms with van der Waals surface area (Å²) in [5.41, 5.74) is 1.20. The summed E-state index contributed by atoms with van der Waals surface area (Å²) in [5.74, 6) is -0.459. The van der Waals surface area contributed by atoms with Crippen LogP contribution in [0.2, 0.25) is 0 Å². The Morgan fingerprint density at radius 3 is 2.50 bits per heavy atom. The first-order valence-electron chi connectivity index (χ1n) is 9.32. The van der Waals surface area contributed by atoms with E-state index in [0.717, 1.165) is 18.3 Å². The molecule has 0 spiro atoms. The Labute approximate surface area is 172 Å². The first-order valence-corrected chi connectivity index (χ1v) is 9.32. The molecule has 0 amide bonds. The zero-order valence-electron chi connectivity index (χ0n) is 16.5. The van der Waals surface area contributed by atoms with E-state index in [4.69, 9.17) is 9.47 Å². The van der Waals surface area contributed by atoms with Crippen LogP contribution in [-0.2, 0) is 11.2 Å². The van der Waals surface area contributed by atoms with Crippen LogP contribution in [0.5, 0.6) is 11.6 Å². The highest BCUT2D eigenvalue weighted by atomic mass is 16.6. The second-order valence-corrected chi connectivity index (χ2v) is 6.12. The highest BCUT2D eigenvalue weighted by Crippen LogP contribution is 2.36. The van der Waals surface area contributed by atoms with E-state index in [1.165, 1.54) is 0 Å². The molecule has 1 N–H and O–H groups in total. The zero-order valence-corrected chi connectivity index (χ0v) is 16.5. The largest absolute Gasteiger partial charge is 0.462 e. The predicted octanol–water partition coefficient (Wildman–Crippen LogP) is 4.66. The van der Waals surface area contributed by atoms with Crippen molar-refractivity contribution in [2.24, 2.45) is 0 Å². The molecule has 0 aliphatic rings. The highest BCUT2D eigenvalue weighted by Gasteiger charge is 2.26. The third kappa shape index (κ3) is 4.69. The van der Waals surface area contributed by atoms with Crippen molar-refractivity contribution in [2.45, 2.75) is 20.3 Å². The van der Waals surface area contributed by atoms with E-state index in [9.17, 15) is 14.9 Å². The Bertz CT molecular complexity index is 1050. The van der Waals surface area contributed by atoms with Gasteiger partial charge in [0, 0.05) is 0 Å². The lowest BCUT2D eigenvalue weighted by Gasteiger charge is -2.12. The number of hydrogen-bond acceptors (Lipinski definition) is 8. The van der Waals surface area contributed by atoms with Gasteiger partial charge in [-0.3, -0.25) is 10.1 Å². The smallest absolute Gasteiger partial charge is 0.373 e. The van der Waals surface area contributed by atoms with Gasteiger partial charge in [0.2, 0.25) is 5.82 Å². The molecule has 9 heteroatoms. The number of anilines is 2. The van der Waals surface area contributed by atoms with Crippen LogP contribution >= 0.6 is 0 Å². The topological polar surface area (TPSA) is 116 Å². The molecule has 0 fully saturated rings. The van der Waals surface area contributed by atoms with E-state index >= 15 is 0 Å². The third-order valence-corrected chi connectivity index (χ3v) is 4.19. The second kappa shape index (κ2) is 9.46. The number of rotatable bonds is 8. The molecule has 2 aromatic carbocycles. The van der Waals surface area contributed by atoms with E-state index < -0.39 is 16.6 Å². The number of benzene rings is 2. The minimum Gasteiger partial charge on any atom is -0.462 e. The molecular formula is C21H20N4O5. The minimum atomic E-state index is -0.634. The lowest BCUT2D eigenvalue weighted by Crippen LogP contribution is -2.09. The lowest BCUT2D eigenvalue weighted by molar-refractivity contribution is -0.385. The quantitative estimate of drug-likeness (QED) is 0.325. The molecule has 0 atom stereocenters. The molecule has 0 radical (unpaired) electrons. The van der Waals surface area contributed by atoms with Crippen molar-refractivity contribution in [1.29, 1.82) is 0 Å². The maximum atomic E-state index is 12.2. The summed E-state index contributed by atoms with van der Waals surface area (Å²) in [7, 11) is 0. The van der Waals surface area contributed by atoms with Gasteiger partial charge in [0.25, 0.3) is 0 Å². The average Bonchev–Trinajstić information content (AvgIpc) is 2.75. The number of esters is 1. The average molecular weight is 408 g/mol. The molecule has 0 aliphatic heterocycles. The molecule has 1 heterocycles. The molecule has 9 nitrogen and oxygen atoms in total. The Balaban J connectivity index is 1.96. The van der Waals surface area contributed by atoms with Gasteiger partial charge in [0.05, 0.1) is 22.8 Å². The summed E-state index contributed by atoms with van der Waals surface area (Å²) >= 11 is 0. The van der Waals surface area contributed by atoms with Crippen LogP contribution < -0.4 is 10.1 Å². The number of aromatic nitrogens is 2. The van der Waals surface area contributed by atoms with Crippen LogP contribution in [0.1, 0.15) is 29.8 Å². The molecule has 0 unspecified atom stereocenters. The normalized spacial score (nSPS) is 10.3. The molecule has 0 saturated heterocycles. The van der Waals surface area contributed by atoms with Gasteiger partial charge < -0.3 is 14.8 Å².